The van der Waals surface area contributed by atoms with E-state index >= 15 is 0 Å². The van der Waals surface area contributed by atoms with Crippen molar-refractivity contribution in [1.29, 1.82) is 0 Å². The minimum absolute atomic E-state index is 0.00924. The smallest absolute Gasteiger partial charge is 0.220 e. The van der Waals surface area contributed by atoms with Gasteiger partial charge < -0.3 is 5.32 Å². The molecule has 25 heavy (non-hydrogen) atoms. The predicted octanol–water partition coefficient (Wildman–Crippen LogP) is 3.64. The second-order valence-corrected chi connectivity index (χ2v) is 6.49. The van der Waals surface area contributed by atoms with Gasteiger partial charge in [0, 0.05) is 24.9 Å². The third-order valence-electron chi connectivity index (χ3n) is 4.62. The first-order chi connectivity index (χ1) is 12.1. The molecule has 0 unspecified atom stereocenters. The lowest BCUT2D eigenvalue weighted by molar-refractivity contribution is -0.121. The van der Waals surface area contributed by atoms with Gasteiger partial charge in [0.05, 0.1) is 0 Å². The van der Waals surface area contributed by atoms with Crippen LogP contribution in [0.1, 0.15) is 46.3 Å². The SMILES string of the molecule is O=C(CCC(=O)c1ccc2c(c1)CCC2)NCCc1cccc(F)c1. The van der Waals surface area contributed by atoms with Gasteiger partial charge in [0.15, 0.2) is 5.78 Å². The lowest BCUT2D eigenvalue weighted by Crippen LogP contribution is -2.26. The maximum Gasteiger partial charge on any atom is 0.220 e. The summed E-state index contributed by atoms with van der Waals surface area (Å²) >= 11 is 0. The van der Waals surface area contributed by atoms with E-state index in [1.807, 2.05) is 24.3 Å². The van der Waals surface area contributed by atoms with Crippen LogP contribution in [0.15, 0.2) is 42.5 Å². The summed E-state index contributed by atoms with van der Waals surface area (Å²) in [5, 5.41) is 2.79. The van der Waals surface area contributed by atoms with Gasteiger partial charge >= 0.3 is 0 Å². The van der Waals surface area contributed by atoms with Gasteiger partial charge in [-0.25, -0.2) is 4.39 Å². The Bertz CT molecular complexity index is 785. The summed E-state index contributed by atoms with van der Waals surface area (Å²) in [5.74, 6) is -0.412. The van der Waals surface area contributed by atoms with Gasteiger partial charge in [0.2, 0.25) is 5.91 Å². The average Bonchev–Trinajstić information content (AvgIpc) is 3.07. The van der Waals surface area contributed by atoms with E-state index in [9.17, 15) is 14.0 Å². The quantitative estimate of drug-likeness (QED) is 0.783. The summed E-state index contributed by atoms with van der Waals surface area (Å²) in [6.07, 6.45) is 4.25. The first-order valence-corrected chi connectivity index (χ1v) is 8.78. The van der Waals surface area contributed by atoms with Gasteiger partial charge in [-0.3, -0.25) is 9.59 Å². The fourth-order valence-corrected chi connectivity index (χ4v) is 3.24. The highest BCUT2D eigenvalue weighted by Crippen LogP contribution is 2.23. The molecule has 2 aromatic carbocycles. The summed E-state index contributed by atoms with van der Waals surface area (Å²) in [6, 6.07) is 12.2. The number of halogens is 1. The minimum atomic E-state index is -0.274. The normalized spacial score (nSPS) is 12.7. The molecule has 0 aromatic heterocycles. The lowest BCUT2D eigenvalue weighted by atomic mass is 10.0. The summed E-state index contributed by atoms with van der Waals surface area (Å²) in [4.78, 5) is 24.1. The van der Waals surface area contributed by atoms with Crippen LogP contribution in [-0.2, 0) is 24.1 Å². The summed E-state index contributed by atoms with van der Waals surface area (Å²) in [7, 11) is 0. The number of fused-ring (bicyclic) bond motifs is 1. The van der Waals surface area contributed by atoms with Crippen molar-refractivity contribution in [3.8, 4) is 0 Å². The molecule has 0 radical (unpaired) electrons. The maximum atomic E-state index is 13.1. The van der Waals surface area contributed by atoms with Crippen molar-refractivity contribution in [1.82, 2.24) is 5.32 Å². The zero-order valence-electron chi connectivity index (χ0n) is 14.2. The maximum absolute atomic E-state index is 13.1. The molecule has 0 fully saturated rings. The van der Waals surface area contributed by atoms with Crippen molar-refractivity contribution in [3.05, 3.63) is 70.5 Å². The molecule has 1 N–H and O–H groups in total. The fraction of sp³-hybridized carbons (Fsp3) is 0.333. The Morgan fingerprint density at radius 2 is 1.84 bits per heavy atom. The van der Waals surface area contributed by atoms with Crippen molar-refractivity contribution >= 4 is 11.7 Å². The second kappa shape index (κ2) is 8.06. The van der Waals surface area contributed by atoms with E-state index < -0.39 is 0 Å². The topological polar surface area (TPSA) is 46.2 Å². The number of hydrogen-bond donors (Lipinski definition) is 1. The number of rotatable bonds is 7. The number of carbonyl (C=O) groups excluding carboxylic acids is 2. The van der Waals surface area contributed by atoms with Gasteiger partial charge in [-0.2, -0.15) is 0 Å². The van der Waals surface area contributed by atoms with Crippen LogP contribution in [0, 0.1) is 5.82 Å². The van der Waals surface area contributed by atoms with Crippen molar-refractivity contribution in [3.63, 3.8) is 0 Å². The molecule has 0 aliphatic heterocycles. The van der Waals surface area contributed by atoms with Crippen LogP contribution < -0.4 is 5.32 Å². The van der Waals surface area contributed by atoms with Crippen molar-refractivity contribution in [2.75, 3.05) is 6.54 Å². The standard InChI is InChI=1S/C21H22FNO2/c22-19-6-1-3-15(13-19)11-12-23-21(25)10-9-20(24)18-8-7-16-4-2-5-17(16)14-18/h1,3,6-8,13-14H,2,4-5,9-12H2,(H,23,25). The molecule has 4 heteroatoms. The zero-order chi connectivity index (χ0) is 17.6. The summed E-state index contributed by atoms with van der Waals surface area (Å²) < 4.78 is 13.1. The highest BCUT2D eigenvalue weighted by molar-refractivity contribution is 5.98. The molecule has 0 atom stereocenters. The molecular weight excluding hydrogens is 317 g/mol. The summed E-state index contributed by atoms with van der Waals surface area (Å²) in [5.41, 5.74) is 4.15. The van der Waals surface area contributed by atoms with E-state index in [0.29, 0.717) is 18.5 Å². The monoisotopic (exact) mass is 339 g/mol. The summed E-state index contributed by atoms with van der Waals surface area (Å²) in [6.45, 7) is 0.440. The Morgan fingerprint density at radius 1 is 1.00 bits per heavy atom. The molecule has 0 heterocycles. The van der Waals surface area contributed by atoms with E-state index in [1.54, 1.807) is 6.07 Å². The Balaban J connectivity index is 1.42. The number of amides is 1. The Hall–Kier alpha value is -2.49. The molecule has 1 aliphatic rings. The fourth-order valence-electron chi connectivity index (χ4n) is 3.24. The molecular formula is C21H22FNO2. The van der Waals surface area contributed by atoms with E-state index in [2.05, 4.69) is 5.32 Å². The minimum Gasteiger partial charge on any atom is -0.356 e. The Morgan fingerprint density at radius 3 is 2.68 bits per heavy atom. The number of Topliss-reactive ketones (excluding diaryl/α,β-unsaturated/α-hetero) is 1. The Kier molecular flexibility index (Phi) is 5.59. The number of aryl methyl sites for hydroxylation is 2. The highest BCUT2D eigenvalue weighted by atomic mass is 19.1. The van der Waals surface area contributed by atoms with Crippen LogP contribution in [-0.4, -0.2) is 18.2 Å². The van der Waals surface area contributed by atoms with Gasteiger partial charge in [0.25, 0.3) is 0 Å². The molecule has 130 valence electrons. The first kappa shape index (κ1) is 17.3. The first-order valence-electron chi connectivity index (χ1n) is 8.78. The van der Waals surface area contributed by atoms with Crippen molar-refractivity contribution in [2.45, 2.75) is 38.5 Å². The molecule has 3 nitrogen and oxygen atoms in total. The average molecular weight is 339 g/mol. The van der Waals surface area contributed by atoms with Crippen LogP contribution in [0.2, 0.25) is 0 Å². The number of nitrogens with one attached hydrogen (secondary N) is 1. The number of carbonyl (C=O) groups is 2. The van der Waals surface area contributed by atoms with Crippen LogP contribution in [0.3, 0.4) is 0 Å². The lowest BCUT2D eigenvalue weighted by Gasteiger charge is -2.06. The van der Waals surface area contributed by atoms with Gasteiger partial charge in [-0.15, -0.1) is 0 Å². The second-order valence-electron chi connectivity index (χ2n) is 6.49. The number of ketones is 1. The largest absolute Gasteiger partial charge is 0.356 e. The molecule has 0 bridgehead atoms. The van der Waals surface area contributed by atoms with E-state index in [4.69, 9.17) is 0 Å². The van der Waals surface area contributed by atoms with Crippen LogP contribution in [0.25, 0.3) is 0 Å². The van der Waals surface area contributed by atoms with Crippen molar-refractivity contribution in [2.24, 2.45) is 0 Å². The molecule has 0 saturated heterocycles. The number of hydrogen-bond acceptors (Lipinski definition) is 2. The third kappa shape index (κ3) is 4.75. The van der Waals surface area contributed by atoms with Gasteiger partial charge in [-0.1, -0.05) is 24.3 Å². The molecule has 3 rings (SSSR count). The Labute approximate surface area is 147 Å². The number of benzene rings is 2. The molecule has 1 amide bonds. The molecule has 0 spiro atoms. The molecule has 1 aliphatic carbocycles. The van der Waals surface area contributed by atoms with E-state index in [0.717, 1.165) is 24.8 Å². The van der Waals surface area contributed by atoms with E-state index in [1.165, 1.54) is 23.3 Å². The third-order valence-corrected chi connectivity index (χ3v) is 4.62. The zero-order valence-corrected chi connectivity index (χ0v) is 14.2. The van der Waals surface area contributed by atoms with Crippen LogP contribution in [0.4, 0.5) is 4.39 Å². The van der Waals surface area contributed by atoms with Crippen molar-refractivity contribution < 1.29 is 14.0 Å². The van der Waals surface area contributed by atoms with Crippen LogP contribution >= 0.6 is 0 Å². The van der Waals surface area contributed by atoms with Gasteiger partial charge in [-0.05, 0) is 60.6 Å². The predicted molar refractivity (Wildman–Crippen MR) is 95.1 cm³/mol. The molecule has 0 saturated carbocycles. The van der Waals surface area contributed by atoms with E-state index in [-0.39, 0.29) is 30.3 Å². The van der Waals surface area contributed by atoms with Crippen LogP contribution in [0.5, 0.6) is 0 Å². The molecule has 2 aromatic rings. The highest BCUT2D eigenvalue weighted by Gasteiger charge is 2.14. The van der Waals surface area contributed by atoms with Gasteiger partial charge in [0.1, 0.15) is 5.82 Å².